The first-order chi connectivity index (χ1) is 11.3. The van der Waals surface area contributed by atoms with Gasteiger partial charge in [0.1, 0.15) is 0 Å². The van der Waals surface area contributed by atoms with Gasteiger partial charge in [-0.25, -0.2) is 0 Å². The molecule has 1 aliphatic rings. The quantitative estimate of drug-likeness (QED) is 0.514. The maximum absolute atomic E-state index is 6.28. The Hall–Kier alpha value is -0.160. The fourth-order valence-corrected chi connectivity index (χ4v) is 3.52. The molecule has 0 spiro atoms. The largest absolute Gasteiger partial charge is 0.329 e. The third-order valence-electron chi connectivity index (χ3n) is 5.05. The van der Waals surface area contributed by atoms with Gasteiger partial charge < -0.3 is 11.5 Å². The van der Waals surface area contributed by atoms with Crippen LogP contribution in [0.3, 0.4) is 0 Å². The van der Waals surface area contributed by atoms with Gasteiger partial charge in [0.15, 0.2) is 0 Å². The summed E-state index contributed by atoms with van der Waals surface area (Å²) in [6.45, 7) is 3.00. The standard InChI is InChI=1S/C19H42N4/c1-2-3-4-5-9-12-15-19-22-17(16-20)13-10-7-6-8-11-14-18(21)23-19/h17-19,22-23H,2-16,20-21H2,1H3. The number of nitrogens with one attached hydrogen (secondary N) is 2. The first-order valence-electron chi connectivity index (χ1n) is 10.2. The number of unbranched alkanes of at least 4 members (excludes halogenated alkanes) is 5. The molecule has 1 fully saturated rings. The number of nitrogens with two attached hydrogens (primary N) is 2. The summed E-state index contributed by atoms with van der Waals surface area (Å²) in [6, 6.07) is 0.430. The molecule has 3 atom stereocenters. The van der Waals surface area contributed by atoms with E-state index in [4.69, 9.17) is 11.5 Å². The van der Waals surface area contributed by atoms with E-state index in [1.807, 2.05) is 0 Å². The van der Waals surface area contributed by atoms with Crippen LogP contribution in [0.1, 0.15) is 96.8 Å². The monoisotopic (exact) mass is 326 g/mol. The Kier molecular flexibility index (Phi) is 12.9. The van der Waals surface area contributed by atoms with Gasteiger partial charge in [-0.05, 0) is 19.3 Å². The van der Waals surface area contributed by atoms with E-state index in [0.717, 1.165) is 19.4 Å². The summed E-state index contributed by atoms with van der Waals surface area (Å²) in [6.07, 6.45) is 18.5. The summed E-state index contributed by atoms with van der Waals surface area (Å²) in [5, 5.41) is 7.35. The lowest BCUT2D eigenvalue weighted by Gasteiger charge is -2.29. The van der Waals surface area contributed by atoms with Crippen LogP contribution in [0, 0.1) is 0 Å². The molecule has 1 saturated heterocycles. The number of hydrogen-bond acceptors (Lipinski definition) is 4. The number of hydrogen-bond donors (Lipinski definition) is 4. The van der Waals surface area contributed by atoms with Gasteiger partial charge in [-0.3, -0.25) is 10.6 Å². The maximum Gasteiger partial charge on any atom is 0.0586 e. The fraction of sp³-hybridized carbons (Fsp3) is 1.00. The highest BCUT2D eigenvalue weighted by Crippen LogP contribution is 2.13. The molecule has 4 heteroatoms. The molecule has 0 aromatic carbocycles. The topological polar surface area (TPSA) is 76.1 Å². The van der Waals surface area contributed by atoms with Crippen LogP contribution in [-0.2, 0) is 0 Å². The molecule has 23 heavy (non-hydrogen) atoms. The summed E-state index contributed by atoms with van der Waals surface area (Å²) in [4.78, 5) is 0. The van der Waals surface area contributed by atoms with Crippen molar-refractivity contribution in [1.29, 1.82) is 0 Å². The average Bonchev–Trinajstić information content (AvgIpc) is 2.54. The van der Waals surface area contributed by atoms with E-state index in [1.165, 1.54) is 77.0 Å². The minimum atomic E-state index is 0.116. The second-order valence-electron chi connectivity index (χ2n) is 7.33. The highest BCUT2D eigenvalue weighted by atomic mass is 15.2. The summed E-state index contributed by atoms with van der Waals surface area (Å²) in [5.74, 6) is 0. The molecular weight excluding hydrogens is 284 g/mol. The third kappa shape index (κ3) is 11.1. The van der Waals surface area contributed by atoms with E-state index in [9.17, 15) is 0 Å². The molecule has 1 heterocycles. The second kappa shape index (κ2) is 14.2. The van der Waals surface area contributed by atoms with Gasteiger partial charge in [0, 0.05) is 12.6 Å². The predicted molar refractivity (Wildman–Crippen MR) is 101 cm³/mol. The molecule has 0 aliphatic carbocycles. The van der Waals surface area contributed by atoms with Crippen LogP contribution >= 0.6 is 0 Å². The van der Waals surface area contributed by atoms with Crippen molar-refractivity contribution in [3.05, 3.63) is 0 Å². The minimum absolute atomic E-state index is 0.116. The van der Waals surface area contributed by atoms with Crippen LogP contribution in [0.25, 0.3) is 0 Å². The van der Waals surface area contributed by atoms with Gasteiger partial charge >= 0.3 is 0 Å². The number of rotatable bonds is 8. The van der Waals surface area contributed by atoms with Crippen LogP contribution in [0.2, 0.25) is 0 Å². The Labute approximate surface area is 144 Å². The predicted octanol–water partition coefficient (Wildman–Crippen LogP) is 3.60. The Bertz CT molecular complexity index is 260. The Morgan fingerprint density at radius 3 is 2.22 bits per heavy atom. The van der Waals surface area contributed by atoms with Gasteiger partial charge in [0.25, 0.3) is 0 Å². The van der Waals surface area contributed by atoms with Gasteiger partial charge in [0.2, 0.25) is 0 Å². The molecule has 0 radical (unpaired) electrons. The van der Waals surface area contributed by atoms with Crippen LogP contribution in [0.15, 0.2) is 0 Å². The first-order valence-corrected chi connectivity index (χ1v) is 10.2. The molecule has 4 nitrogen and oxygen atoms in total. The van der Waals surface area contributed by atoms with Crippen molar-refractivity contribution in [2.24, 2.45) is 11.5 Å². The molecule has 0 bridgehead atoms. The summed E-state index contributed by atoms with van der Waals surface area (Å²) in [5.41, 5.74) is 12.2. The van der Waals surface area contributed by atoms with Gasteiger partial charge in [0.05, 0.1) is 12.3 Å². The van der Waals surface area contributed by atoms with Crippen molar-refractivity contribution in [3.8, 4) is 0 Å². The Morgan fingerprint density at radius 2 is 1.48 bits per heavy atom. The second-order valence-corrected chi connectivity index (χ2v) is 7.33. The molecule has 0 saturated carbocycles. The van der Waals surface area contributed by atoms with Crippen LogP contribution in [-0.4, -0.2) is 24.9 Å². The summed E-state index contributed by atoms with van der Waals surface area (Å²) < 4.78 is 0. The van der Waals surface area contributed by atoms with Crippen LogP contribution in [0.4, 0.5) is 0 Å². The van der Waals surface area contributed by atoms with Crippen molar-refractivity contribution in [2.75, 3.05) is 6.54 Å². The normalized spacial score (nSPS) is 28.0. The van der Waals surface area contributed by atoms with E-state index in [-0.39, 0.29) is 6.17 Å². The maximum atomic E-state index is 6.28. The highest BCUT2D eigenvalue weighted by molar-refractivity contribution is 4.77. The lowest BCUT2D eigenvalue weighted by atomic mass is 10.0. The van der Waals surface area contributed by atoms with Gasteiger partial charge in [-0.15, -0.1) is 0 Å². The SMILES string of the molecule is CCCCCCCCC1NC(N)CCCCCCCC(CN)N1. The Balaban J connectivity index is 2.37. The molecule has 1 aliphatic heterocycles. The zero-order valence-corrected chi connectivity index (χ0v) is 15.5. The molecule has 3 unspecified atom stereocenters. The Morgan fingerprint density at radius 1 is 0.826 bits per heavy atom. The van der Waals surface area contributed by atoms with Crippen LogP contribution < -0.4 is 22.1 Å². The summed E-state index contributed by atoms with van der Waals surface area (Å²) in [7, 11) is 0. The zero-order valence-electron chi connectivity index (χ0n) is 15.5. The van der Waals surface area contributed by atoms with Crippen molar-refractivity contribution >= 4 is 0 Å². The first kappa shape index (κ1) is 20.9. The van der Waals surface area contributed by atoms with Crippen molar-refractivity contribution < 1.29 is 0 Å². The molecule has 6 N–H and O–H groups in total. The van der Waals surface area contributed by atoms with Crippen molar-refractivity contribution in [3.63, 3.8) is 0 Å². The van der Waals surface area contributed by atoms with E-state index < -0.39 is 0 Å². The fourth-order valence-electron chi connectivity index (χ4n) is 3.52. The average molecular weight is 327 g/mol. The molecule has 138 valence electrons. The minimum Gasteiger partial charge on any atom is -0.329 e. The van der Waals surface area contributed by atoms with Crippen molar-refractivity contribution in [1.82, 2.24) is 10.6 Å². The van der Waals surface area contributed by atoms with Gasteiger partial charge in [-0.2, -0.15) is 0 Å². The van der Waals surface area contributed by atoms with Crippen LogP contribution in [0.5, 0.6) is 0 Å². The zero-order chi connectivity index (χ0) is 16.8. The smallest absolute Gasteiger partial charge is 0.0586 e. The molecule has 1 rings (SSSR count). The third-order valence-corrected chi connectivity index (χ3v) is 5.05. The van der Waals surface area contributed by atoms with Crippen molar-refractivity contribution in [2.45, 2.75) is 115 Å². The van der Waals surface area contributed by atoms with Gasteiger partial charge in [-0.1, -0.05) is 77.6 Å². The van der Waals surface area contributed by atoms with E-state index >= 15 is 0 Å². The van der Waals surface area contributed by atoms with E-state index in [2.05, 4.69) is 17.6 Å². The van der Waals surface area contributed by atoms with E-state index in [1.54, 1.807) is 0 Å². The molecule has 0 aromatic rings. The highest BCUT2D eigenvalue weighted by Gasteiger charge is 2.17. The summed E-state index contributed by atoms with van der Waals surface area (Å²) >= 11 is 0. The molecule has 0 amide bonds. The van der Waals surface area contributed by atoms with E-state index in [0.29, 0.717) is 12.2 Å². The lowest BCUT2D eigenvalue weighted by Crippen LogP contribution is -2.55. The lowest BCUT2D eigenvalue weighted by molar-refractivity contribution is 0.289. The molecular formula is C19H42N4. The molecule has 0 aromatic heterocycles.